The molecular weight excluding hydrogens is 861 g/mol. The zero-order valence-electron chi connectivity index (χ0n) is 40.7. The zero-order valence-corrected chi connectivity index (χ0v) is 40.7. The fourth-order valence-electron chi connectivity index (χ4n) is 6.16. The van der Waals surface area contributed by atoms with Crippen molar-refractivity contribution in [1.29, 1.82) is 0 Å². The lowest BCUT2D eigenvalue weighted by atomic mass is 10.0. The molecule has 0 aliphatic rings. The Balaban J connectivity index is 0. The molecule has 0 aliphatic carbocycles. The highest BCUT2D eigenvalue weighted by atomic mass is 16.5. The highest BCUT2D eigenvalue weighted by Crippen LogP contribution is 2.14. The average Bonchev–Trinajstić information content (AvgIpc) is 3.28. The smallest absolute Gasteiger partial charge is 0.326 e. The molecule has 1 atom stereocenters. The van der Waals surface area contributed by atoms with Crippen LogP contribution < -0.4 is 21.3 Å². The Morgan fingerprint density at radius 3 is 1.18 bits per heavy atom. The van der Waals surface area contributed by atoms with Gasteiger partial charge in [-0.1, -0.05) is 104 Å². The summed E-state index contributed by atoms with van der Waals surface area (Å²) in [5.41, 5.74) is 0. The van der Waals surface area contributed by atoms with Crippen molar-refractivity contribution in [2.24, 2.45) is 0 Å². The first-order chi connectivity index (χ1) is 32.0. The maximum atomic E-state index is 12.3. The van der Waals surface area contributed by atoms with Crippen molar-refractivity contribution in [2.75, 3.05) is 98.9 Å². The molecular formula is C47H88N4O15. The van der Waals surface area contributed by atoms with E-state index in [1.165, 1.54) is 64.7 Å². The van der Waals surface area contributed by atoms with Crippen LogP contribution in [-0.4, -0.2) is 157 Å². The molecule has 4 amide bonds. The minimum absolute atomic E-state index is 0.0167. The standard InChI is InChI=1S/C45H82N4O15.C2H6/c1-38(50)36-63-34-32-62-29-25-48-43(54)37-64-35-33-61-28-24-47-41(52)22-26-59-30-31-60-27-23-46-40(51)21-20-39(45(57)58)49-42(53)18-16-14-12-10-8-6-4-2-3-5-7-9-11-13-15-17-19-44(55)56;1-2/h39H,2-37H2,1H3,(H,46,51)(H,47,52)(H,48,54)(H,49,53)(H,55,56)(H,57,58);1-2H3/t39-;/m0./s1. The monoisotopic (exact) mass is 949 g/mol. The summed E-state index contributed by atoms with van der Waals surface area (Å²) in [5.74, 6) is -3.07. The number of carboxylic acids is 2. The predicted octanol–water partition coefficient (Wildman–Crippen LogP) is 4.90. The van der Waals surface area contributed by atoms with Gasteiger partial charge in [-0.05, 0) is 26.2 Å². The molecule has 0 rings (SSSR count). The van der Waals surface area contributed by atoms with E-state index in [-0.39, 0.29) is 128 Å². The van der Waals surface area contributed by atoms with E-state index in [1.807, 2.05) is 13.8 Å². The number of aliphatic carboxylic acids is 2. The van der Waals surface area contributed by atoms with Gasteiger partial charge in [0.25, 0.3) is 0 Å². The third-order valence-corrected chi connectivity index (χ3v) is 9.67. The molecule has 0 radical (unpaired) electrons. The number of ether oxygens (including phenoxy) is 6. The summed E-state index contributed by atoms with van der Waals surface area (Å²) in [7, 11) is 0. The van der Waals surface area contributed by atoms with Gasteiger partial charge in [0, 0.05) is 45.3 Å². The van der Waals surface area contributed by atoms with E-state index in [0.717, 1.165) is 38.5 Å². The van der Waals surface area contributed by atoms with Crippen LogP contribution in [0.15, 0.2) is 0 Å². The van der Waals surface area contributed by atoms with Gasteiger partial charge < -0.3 is 59.9 Å². The van der Waals surface area contributed by atoms with Crippen LogP contribution in [0.5, 0.6) is 0 Å². The van der Waals surface area contributed by atoms with Gasteiger partial charge in [-0.2, -0.15) is 0 Å². The summed E-state index contributed by atoms with van der Waals surface area (Å²) in [6, 6.07) is -1.13. The second-order valence-electron chi connectivity index (χ2n) is 15.6. The minimum Gasteiger partial charge on any atom is -0.481 e. The molecule has 6 N–H and O–H groups in total. The van der Waals surface area contributed by atoms with Crippen molar-refractivity contribution in [3.8, 4) is 0 Å². The number of amides is 4. The van der Waals surface area contributed by atoms with E-state index < -0.39 is 18.0 Å². The number of carboxylic acid groups (broad SMARTS) is 2. The molecule has 66 heavy (non-hydrogen) atoms. The van der Waals surface area contributed by atoms with Crippen molar-refractivity contribution in [2.45, 2.75) is 162 Å². The molecule has 19 nitrogen and oxygen atoms in total. The molecule has 386 valence electrons. The number of hydrogen-bond donors (Lipinski definition) is 6. The number of ketones is 1. The van der Waals surface area contributed by atoms with Crippen LogP contribution in [0.25, 0.3) is 0 Å². The maximum Gasteiger partial charge on any atom is 0.326 e. The summed E-state index contributed by atoms with van der Waals surface area (Å²) in [6.07, 6.45) is 18.5. The maximum absolute atomic E-state index is 12.3. The van der Waals surface area contributed by atoms with E-state index in [9.17, 15) is 38.7 Å². The van der Waals surface area contributed by atoms with E-state index in [2.05, 4.69) is 21.3 Å². The Morgan fingerprint density at radius 2 is 0.758 bits per heavy atom. The van der Waals surface area contributed by atoms with Gasteiger partial charge in [0.05, 0.1) is 66.1 Å². The van der Waals surface area contributed by atoms with Gasteiger partial charge in [0.15, 0.2) is 5.78 Å². The second kappa shape index (κ2) is 50.7. The van der Waals surface area contributed by atoms with Gasteiger partial charge >= 0.3 is 11.9 Å². The van der Waals surface area contributed by atoms with E-state index in [1.54, 1.807) is 0 Å². The Bertz CT molecular complexity index is 1230. The third kappa shape index (κ3) is 51.2. The Kier molecular flexibility index (Phi) is 49.4. The zero-order chi connectivity index (χ0) is 49.1. The van der Waals surface area contributed by atoms with Crippen molar-refractivity contribution in [3.05, 3.63) is 0 Å². The van der Waals surface area contributed by atoms with Crippen LogP contribution in [-0.2, 0) is 62.0 Å². The van der Waals surface area contributed by atoms with Gasteiger partial charge in [-0.15, -0.1) is 0 Å². The molecule has 0 fully saturated rings. The van der Waals surface area contributed by atoms with Gasteiger partial charge in [0.1, 0.15) is 19.3 Å². The molecule has 0 saturated heterocycles. The summed E-state index contributed by atoms with van der Waals surface area (Å²) >= 11 is 0. The number of rotatable bonds is 49. The Hall–Kier alpha value is -3.75. The Labute approximate surface area is 394 Å². The molecule has 19 heteroatoms. The lowest BCUT2D eigenvalue weighted by molar-refractivity contribution is -0.142. The third-order valence-electron chi connectivity index (χ3n) is 9.67. The highest BCUT2D eigenvalue weighted by Gasteiger charge is 2.21. The summed E-state index contributed by atoms with van der Waals surface area (Å²) in [4.78, 5) is 81.2. The van der Waals surface area contributed by atoms with Crippen molar-refractivity contribution < 1.29 is 72.2 Å². The van der Waals surface area contributed by atoms with Crippen molar-refractivity contribution in [1.82, 2.24) is 21.3 Å². The van der Waals surface area contributed by atoms with Crippen LogP contribution >= 0.6 is 0 Å². The SMILES string of the molecule is CC.CC(=O)COCCOCCNC(=O)COCCOCCNC(=O)CCOCCOCCNC(=O)CC[C@H](NC(=O)CCCCCCCCCCCCCCCCCCC(=O)O)C(=O)O. The normalized spacial score (nSPS) is 11.3. The molecule has 0 unspecified atom stereocenters. The first-order valence-electron chi connectivity index (χ1n) is 24.5. The molecule has 0 saturated carbocycles. The largest absolute Gasteiger partial charge is 0.481 e. The first kappa shape index (κ1) is 64.3. The fraction of sp³-hybridized carbons (Fsp3) is 0.851. The summed E-state index contributed by atoms with van der Waals surface area (Å²) in [5, 5.41) is 28.8. The average molecular weight is 949 g/mol. The second-order valence-corrected chi connectivity index (χ2v) is 15.6. The number of carbonyl (C=O) groups excluding carboxylic acids is 5. The molecule has 0 spiro atoms. The van der Waals surface area contributed by atoms with E-state index in [4.69, 9.17) is 33.5 Å². The topological polar surface area (TPSA) is 263 Å². The molecule has 0 heterocycles. The highest BCUT2D eigenvalue weighted by molar-refractivity contribution is 5.84. The molecule has 0 aromatic heterocycles. The number of unbranched alkanes of at least 4 members (excludes halogenated alkanes) is 15. The lowest BCUT2D eigenvalue weighted by Gasteiger charge is -2.14. The number of nitrogens with one attached hydrogen (secondary N) is 4. The number of Topliss-reactive ketones (excluding diaryl/α,β-unsaturated/α-hetero) is 1. The van der Waals surface area contributed by atoms with E-state index >= 15 is 0 Å². The van der Waals surface area contributed by atoms with E-state index in [0.29, 0.717) is 39.3 Å². The molecule has 0 aromatic carbocycles. The van der Waals surface area contributed by atoms with Gasteiger partial charge in [0.2, 0.25) is 23.6 Å². The van der Waals surface area contributed by atoms with Crippen molar-refractivity contribution >= 4 is 41.4 Å². The Morgan fingerprint density at radius 1 is 0.394 bits per heavy atom. The predicted molar refractivity (Wildman–Crippen MR) is 250 cm³/mol. The quantitative estimate of drug-likeness (QED) is 0.0444. The van der Waals surface area contributed by atoms with Crippen molar-refractivity contribution in [3.63, 3.8) is 0 Å². The van der Waals surface area contributed by atoms with Crippen LogP contribution in [0.2, 0.25) is 0 Å². The molecule has 0 aliphatic heterocycles. The van der Waals surface area contributed by atoms with Gasteiger partial charge in [-0.25, -0.2) is 4.79 Å². The fourth-order valence-corrected chi connectivity index (χ4v) is 6.16. The van der Waals surface area contributed by atoms with Crippen LogP contribution in [0.1, 0.15) is 156 Å². The van der Waals surface area contributed by atoms with Crippen LogP contribution in [0.4, 0.5) is 0 Å². The molecule has 0 bridgehead atoms. The summed E-state index contributed by atoms with van der Waals surface area (Å²) < 4.78 is 31.8. The summed E-state index contributed by atoms with van der Waals surface area (Å²) in [6.45, 7) is 8.93. The van der Waals surface area contributed by atoms with Crippen LogP contribution in [0.3, 0.4) is 0 Å². The minimum atomic E-state index is -1.18. The lowest BCUT2D eigenvalue weighted by Crippen LogP contribution is -2.41. The number of hydrogen-bond acceptors (Lipinski definition) is 13. The van der Waals surface area contributed by atoms with Crippen LogP contribution in [0, 0.1) is 0 Å². The first-order valence-corrected chi connectivity index (χ1v) is 24.5. The number of carbonyl (C=O) groups is 7. The molecule has 0 aromatic rings. The van der Waals surface area contributed by atoms with Gasteiger partial charge in [-0.3, -0.25) is 28.8 Å².